The molecule has 5 rings (SSSR count). The van der Waals surface area contributed by atoms with Crippen molar-refractivity contribution in [3.05, 3.63) is 101 Å². The number of nitrogens with one attached hydrogen (secondary N) is 1. The van der Waals surface area contributed by atoms with Crippen LogP contribution in [0.5, 0.6) is 0 Å². The second-order valence-electron chi connectivity index (χ2n) is 6.93. The number of aryl methyl sites for hydroxylation is 1. The van der Waals surface area contributed by atoms with Crippen LogP contribution in [0.1, 0.15) is 13.0 Å². The van der Waals surface area contributed by atoms with E-state index in [9.17, 15) is 4.79 Å². The third-order valence-electron chi connectivity index (χ3n) is 4.97. The summed E-state index contributed by atoms with van der Waals surface area (Å²) in [6.07, 6.45) is 7.00. The zero-order valence-electron chi connectivity index (χ0n) is 16.2. The highest BCUT2D eigenvalue weighted by molar-refractivity contribution is 5.65. The fourth-order valence-corrected chi connectivity index (χ4v) is 3.48. The summed E-state index contributed by atoms with van der Waals surface area (Å²) in [7, 11) is 0. The minimum absolute atomic E-state index is 0. The molecule has 0 aliphatic carbocycles. The molecule has 1 N–H and O–H groups in total. The second-order valence-corrected chi connectivity index (χ2v) is 6.93. The smallest absolute Gasteiger partial charge is 0.209 e. The van der Waals surface area contributed by atoms with Gasteiger partial charge in [-0.15, -0.1) is 0 Å². The largest absolute Gasteiger partial charge is 0.287 e. The Morgan fingerprint density at radius 3 is 2.55 bits per heavy atom. The van der Waals surface area contributed by atoms with Crippen molar-refractivity contribution in [2.24, 2.45) is 0 Å². The Morgan fingerprint density at radius 2 is 1.81 bits per heavy atom. The average molecular weight is 410 g/mol. The Kier molecular flexibility index (Phi) is 5.32. The Balaban J connectivity index is 0.00000231. The Labute approximate surface area is 179 Å². The van der Waals surface area contributed by atoms with Crippen LogP contribution in [0.4, 0.5) is 0 Å². The van der Waals surface area contributed by atoms with Gasteiger partial charge in [0.25, 0.3) is 0 Å². The topological polar surface area (TPSA) is 81.4 Å². The molecule has 154 valence electrons. The summed E-state index contributed by atoms with van der Waals surface area (Å²) >= 11 is 0. The molecular weight excluding hydrogens is 388 g/mol. The summed E-state index contributed by atoms with van der Waals surface area (Å²) in [4.78, 5) is 12.7. The average Bonchev–Trinajstić information content (AvgIpc) is 3.47. The highest BCUT2D eigenvalue weighted by Crippen LogP contribution is 2.24. The van der Waals surface area contributed by atoms with E-state index in [-0.39, 0.29) is 12.9 Å². The summed E-state index contributed by atoms with van der Waals surface area (Å²) in [5.74, 6) is 0. The first-order valence-electron chi connectivity index (χ1n) is 9.51. The summed E-state index contributed by atoms with van der Waals surface area (Å²) in [6.45, 7) is 2.02. The van der Waals surface area contributed by atoms with Crippen LogP contribution in [-0.2, 0) is 0 Å². The van der Waals surface area contributed by atoms with E-state index in [1.165, 1.54) is 6.07 Å². The number of H-pyrrole nitrogens is 1. The number of aromatic amines is 1. The van der Waals surface area contributed by atoms with Gasteiger partial charge in [0, 0.05) is 24.0 Å². The Morgan fingerprint density at radius 1 is 0.968 bits per heavy atom. The van der Waals surface area contributed by atoms with Gasteiger partial charge in [-0.3, -0.25) is 9.89 Å². The van der Waals surface area contributed by atoms with Gasteiger partial charge in [-0.1, -0.05) is 31.7 Å². The number of hydrogen-bond acceptors (Lipinski definition) is 4. The third kappa shape index (κ3) is 3.69. The molecule has 5 aromatic rings. The molecule has 31 heavy (non-hydrogen) atoms. The maximum Gasteiger partial charge on any atom is 0.209 e. The van der Waals surface area contributed by atoms with Crippen molar-refractivity contribution in [2.45, 2.75) is 14.4 Å². The molecule has 0 bridgehead atoms. The lowest BCUT2D eigenvalue weighted by Crippen LogP contribution is -2.15. The number of hydrogen-bond donors (Lipinski definition) is 1. The SMILES string of the molecule is C.Cc1cc(-c2cn[nH]c2)ccc1-n1ccc(=O)c(-c2ccnn2-c2ccccc2)n1. The highest BCUT2D eigenvalue weighted by Gasteiger charge is 2.14. The van der Waals surface area contributed by atoms with Crippen molar-refractivity contribution >= 4 is 0 Å². The van der Waals surface area contributed by atoms with Crippen molar-refractivity contribution in [3.63, 3.8) is 0 Å². The lowest BCUT2D eigenvalue weighted by molar-refractivity contribution is 0.818. The lowest BCUT2D eigenvalue weighted by atomic mass is 10.1. The predicted octanol–water partition coefficient (Wildman–Crippen LogP) is 4.42. The molecule has 0 radical (unpaired) electrons. The van der Waals surface area contributed by atoms with Crippen LogP contribution < -0.4 is 5.43 Å². The molecule has 0 aliphatic rings. The molecule has 0 saturated carbocycles. The van der Waals surface area contributed by atoms with Crippen LogP contribution in [0.2, 0.25) is 0 Å². The van der Waals surface area contributed by atoms with Gasteiger partial charge < -0.3 is 0 Å². The first kappa shape index (κ1) is 20.0. The minimum Gasteiger partial charge on any atom is -0.287 e. The Hall–Kier alpha value is -4.26. The molecule has 0 amide bonds. The number of nitrogens with zero attached hydrogens (tertiary/aromatic N) is 5. The zero-order chi connectivity index (χ0) is 20.5. The predicted molar refractivity (Wildman–Crippen MR) is 121 cm³/mol. The van der Waals surface area contributed by atoms with Gasteiger partial charge in [0.05, 0.1) is 29.5 Å². The monoisotopic (exact) mass is 410 g/mol. The first-order valence-corrected chi connectivity index (χ1v) is 9.51. The highest BCUT2D eigenvalue weighted by atomic mass is 16.1. The van der Waals surface area contributed by atoms with Crippen molar-refractivity contribution in [2.75, 3.05) is 0 Å². The van der Waals surface area contributed by atoms with Crippen LogP contribution in [0, 0.1) is 6.92 Å². The van der Waals surface area contributed by atoms with E-state index in [1.54, 1.807) is 34.0 Å². The molecule has 0 atom stereocenters. The van der Waals surface area contributed by atoms with Crippen LogP contribution >= 0.6 is 0 Å². The molecule has 0 fully saturated rings. The van der Waals surface area contributed by atoms with Crippen LogP contribution in [-0.4, -0.2) is 29.8 Å². The molecule has 2 aromatic carbocycles. The number of rotatable bonds is 4. The first-order chi connectivity index (χ1) is 14.7. The van der Waals surface area contributed by atoms with Crippen molar-refractivity contribution < 1.29 is 0 Å². The summed E-state index contributed by atoms with van der Waals surface area (Å²) < 4.78 is 3.45. The van der Waals surface area contributed by atoms with Crippen LogP contribution in [0.3, 0.4) is 0 Å². The molecular formula is C24H22N6O. The standard InChI is InChI=1S/C23H18N6O.CH4/c1-16-13-17(18-14-24-25-15-18)7-8-20(16)28-12-10-22(30)23(27-28)21-9-11-26-29(21)19-5-3-2-4-6-19;/h2-15H,1H3,(H,24,25);1H4. The number of para-hydroxylation sites is 1. The van der Waals surface area contributed by atoms with Gasteiger partial charge in [-0.25, -0.2) is 9.36 Å². The third-order valence-corrected chi connectivity index (χ3v) is 4.97. The molecule has 7 heteroatoms. The van der Waals surface area contributed by atoms with Gasteiger partial charge in [0.1, 0.15) is 0 Å². The summed E-state index contributed by atoms with van der Waals surface area (Å²) in [6, 6.07) is 19.1. The fraction of sp³-hybridized carbons (Fsp3) is 0.0833. The molecule has 3 aromatic heterocycles. The van der Waals surface area contributed by atoms with Crippen molar-refractivity contribution in [3.8, 4) is 33.9 Å². The van der Waals surface area contributed by atoms with Crippen LogP contribution in [0.25, 0.3) is 33.9 Å². The van der Waals surface area contributed by atoms with E-state index >= 15 is 0 Å². The summed E-state index contributed by atoms with van der Waals surface area (Å²) in [5, 5.41) is 15.9. The second kappa shape index (κ2) is 8.23. The van der Waals surface area contributed by atoms with E-state index in [0.29, 0.717) is 11.4 Å². The van der Waals surface area contributed by atoms with Crippen molar-refractivity contribution in [1.29, 1.82) is 0 Å². The van der Waals surface area contributed by atoms with E-state index in [1.807, 2.05) is 55.6 Å². The van der Waals surface area contributed by atoms with Crippen LogP contribution in [0.15, 0.2) is 90.2 Å². The molecule has 0 aliphatic heterocycles. The van der Waals surface area contributed by atoms with E-state index in [0.717, 1.165) is 28.1 Å². The normalized spacial score (nSPS) is 10.6. The van der Waals surface area contributed by atoms with E-state index < -0.39 is 0 Å². The lowest BCUT2D eigenvalue weighted by Gasteiger charge is -2.12. The zero-order valence-corrected chi connectivity index (χ0v) is 16.2. The number of aromatic nitrogens is 6. The fourth-order valence-electron chi connectivity index (χ4n) is 3.48. The van der Waals surface area contributed by atoms with Gasteiger partial charge >= 0.3 is 0 Å². The minimum atomic E-state index is -0.156. The quantitative estimate of drug-likeness (QED) is 0.476. The maximum atomic E-state index is 12.7. The van der Waals surface area contributed by atoms with Gasteiger partial charge in [-0.05, 0) is 48.4 Å². The molecule has 3 heterocycles. The van der Waals surface area contributed by atoms with Crippen molar-refractivity contribution in [1.82, 2.24) is 29.8 Å². The molecule has 7 nitrogen and oxygen atoms in total. The van der Waals surface area contributed by atoms with E-state index in [4.69, 9.17) is 0 Å². The van der Waals surface area contributed by atoms with Gasteiger partial charge in [0.15, 0.2) is 5.69 Å². The molecule has 0 saturated heterocycles. The van der Waals surface area contributed by atoms with Gasteiger partial charge in [-0.2, -0.15) is 15.3 Å². The maximum absolute atomic E-state index is 12.7. The summed E-state index contributed by atoms with van der Waals surface area (Å²) in [5.41, 5.74) is 5.72. The van der Waals surface area contributed by atoms with Gasteiger partial charge in [0.2, 0.25) is 5.43 Å². The molecule has 0 unspecified atom stereocenters. The Bertz CT molecular complexity index is 1370. The number of benzene rings is 2. The van der Waals surface area contributed by atoms with E-state index in [2.05, 4.69) is 26.5 Å². The molecule has 0 spiro atoms.